The van der Waals surface area contributed by atoms with Crippen LogP contribution in [0.5, 0.6) is 0 Å². The Bertz CT molecular complexity index is 1110. The summed E-state index contributed by atoms with van der Waals surface area (Å²) < 4.78 is 0. The molecule has 1 unspecified atom stereocenters. The molecule has 0 heterocycles. The van der Waals surface area contributed by atoms with Gasteiger partial charge < -0.3 is 10.6 Å². The second-order valence-corrected chi connectivity index (χ2v) is 10.7. The normalized spacial score (nSPS) is 12.2. The van der Waals surface area contributed by atoms with E-state index in [1.54, 1.807) is 6.07 Å². The molecule has 0 fully saturated rings. The van der Waals surface area contributed by atoms with E-state index in [1.807, 2.05) is 94.4 Å². The lowest BCUT2D eigenvalue weighted by atomic mass is 9.92. The molecule has 1 atom stereocenters. The average Bonchev–Trinajstić information content (AvgIpc) is 2.75. The molecule has 0 aliphatic rings. The maximum absolute atomic E-state index is 13.3. The topological polar surface area (TPSA) is 58.2 Å². The van der Waals surface area contributed by atoms with Crippen molar-refractivity contribution >= 4 is 46.6 Å². The van der Waals surface area contributed by atoms with Crippen LogP contribution in [0.25, 0.3) is 0 Å². The van der Waals surface area contributed by atoms with E-state index in [1.165, 1.54) is 11.8 Å². The summed E-state index contributed by atoms with van der Waals surface area (Å²) in [5, 5.41) is 6.12. The monoisotopic (exact) mass is 480 g/mol. The molecule has 172 valence electrons. The Morgan fingerprint density at radius 2 is 1.58 bits per heavy atom. The Hall–Kier alpha value is -2.76. The number of thioether (sulfide) groups is 1. The van der Waals surface area contributed by atoms with Crippen LogP contribution < -0.4 is 10.6 Å². The summed E-state index contributed by atoms with van der Waals surface area (Å²) in [6.07, 6.45) is 0.447. The first-order valence-corrected chi connectivity index (χ1v) is 12.1. The predicted molar refractivity (Wildman–Crippen MR) is 139 cm³/mol. The van der Waals surface area contributed by atoms with Gasteiger partial charge in [0.05, 0.1) is 0 Å². The van der Waals surface area contributed by atoms with Crippen molar-refractivity contribution in [2.24, 2.45) is 5.41 Å². The number of amides is 2. The van der Waals surface area contributed by atoms with Crippen LogP contribution in [0.4, 0.5) is 11.4 Å². The van der Waals surface area contributed by atoms with Gasteiger partial charge in [-0.1, -0.05) is 68.8 Å². The molecule has 6 heteroatoms. The van der Waals surface area contributed by atoms with Crippen LogP contribution in [0.2, 0.25) is 5.02 Å². The van der Waals surface area contributed by atoms with Crippen molar-refractivity contribution in [3.63, 3.8) is 0 Å². The summed E-state index contributed by atoms with van der Waals surface area (Å²) in [7, 11) is 0. The Balaban J connectivity index is 1.76. The molecule has 3 aromatic rings. The largest absolute Gasteiger partial charge is 0.326 e. The molecule has 2 N–H and O–H groups in total. The minimum atomic E-state index is -0.453. The minimum Gasteiger partial charge on any atom is -0.326 e. The van der Waals surface area contributed by atoms with Gasteiger partial charge in [0.1, 0.15) is 5.25 Å². The number of carbonyl (C=O) groups excluding carboxylic acids is 2. The van der Waals surface area contributed by atoms with Crippen molar-refractivity contribution in [3.8, 4) is 0 Å². The lowest BCUT2D eigenvalue weighted by molar-refractivity contribution is -0.118. The molecule has 3 rings (SSSR count). The number of nitrogens with one attached hydrogen (secondary N) is 2. The zero-order chi connectivity index (χ0) is 24.0. The minimum absolute atomic E-state index is 0.0127. The van der Waals surface area contributed by atoms with Gasteiger partial charge in [-0.2, -0.15) is 0 Å². The van der Waals surface area contributed by atoms with Crippen LogP contribution in [0.15, 0.2) is 77.7 Å². The van der Waals surface area contributed by atoms with Crippen molar-refractivity contribution in [2.75, 3.05) is 10.6 Å². The lowest BCUT2D eigenvalue weighted by Gasteiger charge is -2.19. The number of carbonyl (C=O) groups is 2. The van der Waals surface area contributed by atoms with Crippen LogP contribution in [-0.2, 0) is 9.59 Å². The molecule has 2 amide bonds. The molecule has 3 aromatic carbocycles. The summed E-state index contributed by atoms with van der Waals surface area (Å²) in [5.74, 6) is -0.138. The highest BCUT2D eigenvalue weighted by Gasteiger charge is 2.23. The number of halogens is 1. The van der Waals surface area contributed by atoms with Crippen LogP contribution in [-0.4, -0.2) is 11.8 Å². The quantitative estimate of drug-likeness (QED) is 0.344. The molecular weight excluding hydrogens is 452 g/mol. The van der Waals surface area contributed by atoms with E-state index < -0.39 is 5.25 Å². The van der Waals surface area contributed by atoms with E-state index in [2.05, 4.69) is 10.6 Å². The van der Waals surface area contributed by atoms with E-state index in [4.69, 9.17) is 11.6 Å². The first-order valence-electron chi connectivity index (χ1n) is 10.8. The van der Waals surface area contributed by atoms with Crippen LogP contribution in [0.1, 0.15) is 43.6 Å². The van der Waals surface area contributed by atoms with E-state index >= 15 is 0 Å². The molecule has 0 aliphatic carbocycles. The molecule has 0 aromatic heterocycles. The van der Waals surface area contributed by atoms with Gasteiger partial charge in [-0.25, -0.2) is 0 Å². The van der Waals surface area contributed by atoms with Crippen LogP contribution >= 0.6 is 23.4 Å². The third kappa shape index (κ3) is 7.37. The number of hydrogen-bond acceptors (Lipinski definition) is 3. The van der Waals surface area contributed by atoms with Crippen molar-refractivity contribution in [1.29, 1.82) is 0 Å². The summed E-state index contributed by atoms with van der Waals surface area (Å²) in [6.45, 7) is 7.99. The van der Waals surface area contributed by atoms with Gasteiger partial charge in [0.15, 0.2) is 0 Å². The maximum atomic E-state index is 13.3. The highest BCUT2D eigenvalue weighted by molar-refractivity contribution is 8.00. The molecule has 0 spiro atoms. The number of benzene rings is 3. The van der Waals surface area contributed by atoms with Crippen molar-refractivity contribution < 1.29 is 9.59 Å². The van der Waals surface area contributed by atoms with E-state index in [0.717, 1.165) is 21.7 Å². The zero-order valence-corrected chi connectivity index (χ0v) is 20.9. The Labute approximate surface area is 205 Å². The average molecular weight is 481 g/mol. The third-order valence-electron chi connectivity index (χ3n) is 4.95. The fraction of sp³-hybridized carbons (Fsp3) is 0.259. The second kappa shape index (κ2) is 10.9. The zero-order valence-electron chi connectivity index (χ0n) is 19.3. The van der Waals surface area contributed by atoms with Gasteiger partial charge in [-0.15, -0.1) is 11.8 Å². The van der Waals surface area contributed by atoms with E-state index in [-0.39, 0.29) is 17.2 Å². The fourth-order valence-electron chi connectivity index (χ4n) is 3.28. The summed E-state index contributed by atoms with van der Waals surface area (Å²) in [5.41, 5.74) is 3.11. The van der Waals surface area contributed by atoms with Crippen LogP contribution in [0, 0.1) is 12.3 Å². The standard InChI is InChI=1S/C27H29ClN2O2S/c1-18-22(28)11-8-12-23(18)30-26(32)25(19-9-6-5-7-10-19)33-21-15-13-20(14-16-21)29-24(31)17-27(2,3)4/h5-16,25H,17H2,1-4H3,(H,29,31)(H,30,32). The van der Waals surface area contributed by atoms with Crippen molar-refractivity contribution in [3.05, 3.63) is 88.9 Å². The number of rotatable bonds is 7. The van der Waals surface area contributed by atoms with Crippen molar-refractivity contribution in [1.82, 2.24) is 0 Å². The van der Waals surface area contributed by atoms with E-state index in [9.17, 15) is 9.59 Å². The van der Waals surface area contributed by atoms with Gasteiger partial charge in [-0.3, -0.25) is 9.59 Å². The maximum Gasteiger partial charge on any atom is 0.242 e. The van der Waals surface area contributed by atoms with E-state index in [0.29, 0.717) is 17.1 Å². The molecule has 0 saturated heterocycles. The lowest BCUT2D eigenvalue weighted by Crippen LogP contribution is -2.20. The highest BCUT2D eigenvalue weighted by atomic mass is 35.5. The first-order chi connectivity index (χ1) is 15.6. The first kappa shape index (κ1) is 24.9. The van der Waals surface area contributed by atoms with Crippen LogP contribution in [0.3, 0.4) is 0 Å². The Morgan fingerprint density at radius 3 is 2.21 bits per heavy atom. The third-order valence-corrected chi connectivity index (χ3v) is 6.62. The van der Waals surface area contributed by atoms with Gasteiger partial charge in [0.25, 0.3) is 0 Å². The highest BCUT2D eigenvalue weighted by Crippen LogP contribution is 2.37. The van der Waals surface area contributed by atoms with Crippen molar-refractivity contribution in [2.45, 2.75) is 44.3 Å². The summed E-state index contributed by atoms with van der Waals surface area (Å²) in [4.78, 5) is 26.4. The van der Waals surface area contributed by atoms with Gasteiger partial charge in [0.2, 0.25) is 11.8 Å². The summed E-state index contributed by atoms with van der Waals surface area (Å²) >= 11 is 7.68. The molecule has 33 heavy (non-hydrogen) atoms. The molecular formula is C27H29ClN2O2S. The number of hydrogen-bond donors (Lipinski definition) is 2. The van der Waals surface area contributed by atoms with Gasteiger partial charge in [-0.05, 0) is 59.9 Å². The SMILES string of the molecule is Cc1c(Cl)cccc1NC(=O)C(Sc1ccc(NC(=O)CC(C)(C)C)cc1)c1ccccc1. The smallest absolute Gasteiger partial charge is 0.242 e. The molecule has 0 saturated carbocycles. The molecule has 4 nitrogen and oxygen atoms in total. The fourth-order valence-corrected chi connectivity index (χ4v) is 4.48. The Morgan fingerprint density at radius 1 is 0.909 bits per heavy atom. The Kier molecular flexibility index (Phi) is 8.22. The number of anilines is 2. The van der Waals surface area contributed by atoms with Gasteiger partial charge >= 0.3 is 0 Å². The molecule has 0 radical (unpaired) electrons. The predicted octanol–water partition coefficient (Wildman–Crippen LogP) is 7.50. The van der Waals surface area contributed by atoms with Gasteiger partial charge in [0, 0.05) is 27.7 Å². The molecule has 0 aliphatic heterocycles. The molecule has 0 bridgehead atoms. The second-order valence-electron chi connectivity index (χ2n) is 9.12. The summed E-state index contributed by atoms with van der Waals surface area (Å²) in [6, 6.07) is 22.7.